The van der Waals surface area contributed by atoms with Gasteiger partial charge in [-0.15, -0.1) is 0 Å². The van der Waals surface area contributed by atoms with Crippen LogP contribution in [0, 0.1) is 13.8 Å². The molecule has 1 aromatic carbocycles. The molecular weight excluding hydrogens is 264 g/mol. The van der Waals surface area contributed by atoms with E-state index in [-0.39, 0.29) is 0 Å². The molecular formula is C17H24N2O2. The van der Waals surface area contributed by atoms with E-state index in [1.165, 1.54) is 5.56 Å². The van der Waals surface area contributed by atoms with E-state index in [4.69, 9.17) is 5.73 Å². The van der Waals surface area contributed by atoms with Crippen molar-refractivity contribution < 1.29 is 9.90 Å². The van der Waals surface area contributed by atoms with E-state index in [1.54, 1.807) is 0 Å². The summed E-state index contributed by atoms with van der Waals surface area (Å²) < 4.78 is 2.13. The molecule has 114 valence electrons. The van der Waals surface area contributed by atoms with Crippen LogP contribution < -0.4 is 5.73 Å². The first kappa shape index (κ1) is 15.6. The fourth-order valence-electron chi connectivity index (χ4n) is 3.23. The van der Waals surface area contributed by atoms with E-state index in [1.807, 2.05) is 13.0 Å². The minimum absolute atomic E-state index is 0.357. The van der Waals surface area contributed by atoms with Gasteiger partial charge in [0, 0.05) is 17.6 Å². The summed E-state index contributed by atoms with van der Waals surface area (Å²) in [6.45, 7) is 9.59. The molecule has 1 aromatic heterocycles. The summed E-state index contributed by atoms with van der Waals surface area (Å²) in [6, 6.07) is 3.96. The predicted octanol–water partition coefficient (Wildman–Crippen LogP) is 3.43. The lowest BCUT2D eigenvalue weighted by molar-refractivity contribution is 0.0698. The molecule has 0 unspecified atom stereocenters. The molecule has 0 saturated heterocycles. The Morgan fingerprint density at radius 2 is 2.00 bits per heavy atom. The highest BCUT2D eigenvalue weighted by Crippen LogP contribution is 2.35. The zero-order valence-corrected chi connectivity index (χ0v) is 13.2. The average molecular weight is 288 g/mol. The number of nitrogens with two attached hydrogens (primary N) is 1. The summed E-state index contributed by atoms with van der Waals surface area (Å²) in [5.41, 5.74) is 10.1. The number of aromatic nitrogens is 1. The van der Waals surface area contributed by atoms with Gasteiger partial charge >= 0.3 is 5.97 Å². The molecule has 0 amide bonds. The van der Waals surface area contributed by atoms with Crippen LogP contribution in [0.2, 0.25) is 0 Å². The molecule has 0 aliphatic heterocycles. The van der Waals surface area contributed by atoms with Crippen LogP contribution in [0.15, 0.2) is 12.1 Å². The van der Waals surface area contributed by atoms with Crippen molar-refractivity contribution in [2.24, 2.45) is 5.73 Å². The first-order valence-corrected chi connectivity index (χ1v) is 7.45. The van der Waals surface area contributed by atoms with Gasteiger partial charge in [0.15, 0.2) is 0 Å². The first-order chi connectivity index (χ1) is 9.90. The minimum Gasteiger partial charge on any atom is -0.478 e. The lowest BCUT2D eigenvalue weighted by Gasteiger charge is -2.11. The van der Waals surface area contributed by atoms with Crippen LogP contribution in [-0.4, -0.2) is 22.2 Å². The summed E-state index contributed by atoms with van der Waals surface area (Å²) in [4.78, 5) is 11.7. The second-order valence-electron chi connectivity index (χ2n) is 5.91. The van der Waals surface area contributed by atoms with Crippen LogP contribution >= 0.6 is 0 Å². The monoisotopic (exact) mass is 288 g/mol. The molecule has 2 aromatic rings. The highest BCUT2D eigenvalue weighted by atomic mass is 16.4. The average Bonchev–Trinajstić information content (AvgIpc) is 2.68. The Morgan fingerprint density at radius 1 is 1.33 bits per heavy atom. The normalized spacial score (nSPS) is 11.5. The molecule has 21 heavy (non-hydrogen) atoms. The van der Waals surface area contributed by atoms with Gasteiger partial charge in [0.2, 0.25) is 0 Å². The number of aromatic carboxylic acids is 1. The van der Waals surface area contributed by atoms with Crippen molar-refractivity contribution in [2.45, 2.75) is 46.6 Å². The summed E-state index contributed by atoms with van der Waals surface area (Å²) in [5.74, 6) is -0.504. The second-order valence-corrected chi connectivity index (χ2v) is 5.91. The number of fused-ring (bicyclic) bond motifs is 1. The Balaban J connectivity index is 2.88. The van der Waals surface area contributed by atoms with Crippen molar-refractivity contribution in [2.75, 3.05) is 6.54 Å². The first-order valence-electron chi connectivity index (χ1n) is 7.45. The zero-order valence-electron chi connectivity index (χ0n) is 13.2. The summed E-state index contributed by atoms with van der Waals surface area (Å²) in [7, 11) is 0. The molecule has 1 heterocycles. The van der Waals surface area contributed by atoms with Gasteiger partial charge in [-0.3, -0.25) is 0 Å². The number of benzene rings is 1. The number of hydrogen-bond donors (Lipinski definition) is 2. The third kappa shape index (κ3) is 2.56. The maximum atomic E-state index is 11.7. The van der Waals surface area contributed by atoms with Crippen LogP contribution in [0.25, 0.3) is 10.9 Å². The molecule has 4 heteroatoms. The van der Waals surface area contributed by atoms with Gasteiger partial charge in [0.25, 0.3) is 0 Å². The van der Waals surface area contributed by atoms with Crippen molar-refractivity contribution in [1.82, 2.24) is 4.57 Å². The van der Waals surface area contributed by atoms with Gasteiger partial charge in [0.1, 0.15) is 0 Å². The number of aryl methyl sites for hydroxylation is 2. The van der Waals surface area contributed by atoms with E-state index >= 15 is 0 Å². The molecule has 0 aliphatic carbocycles. The SMILES string of the molecule is Cc1ccc2c(C(C)C)c(C)n(CCCN)c2c1C(=O)O. The van der Waals surface area contributed by atoms with E-state index < -0.39 is 5.97 Å². The quantitative estimate of drug-likeness (QED) is 0.885. The third-order valence-electron chi connectivity index (χ3n) is 4.12. The molecule has 0 aliphatic rings. The van der Waals surface area contributed by atoms with E-state index in [2.05, 4.69) is 31.4 Å². The van der Waals surface area contributed by atoms with Crippen LogP contribution in [0.5, 0.6) is 0 Å². The fourth-order valence-corrected chi connectivity index (χ4v) is 3.23. The molecule has 0 bridgehead atoms. The minimum atomic E-state index is -0.861. The summed E-state index contributed by atoms with van der Waals surface area (Å²) in [6.07, 6.45) is 0.842. The number of hydrogen-bond acceptors (Lipinski definition) is 2. The molecule has 0 fully saturated rings. The van der Waals surface area contributed by atoms with Gasteiger partial charge in [-0.1, -0.05) is 26.0 Å². The van der Waals surface area contributed by atoms with Crippen molar-refractivity contribution in [3.8, 4) is 0 Å². The Bertz CT molecular complexity index is 684. The number of carbonyl (C=O) groups is 1. The van der Waals surface area contributed by atoms with Crippen LogP contribution in [0.1, 0.15) is 53.4 Å². The lowest BCUT2D eigenvalue weighted by atomic mass is 9.97. The Hall–Kier alpha value is -1.81. The maximum Gasteiger partial charge on any atom is 0.338 e. The fraction of sp³-hybridized carbons (Fsp3) is 0.471. The second kappa shape index (κ2) is 5.90. The Morgan fingerprint density at radius 3 is 2.52 bits per heavy atom. The molecule has 0 saturated carbocycles. The third-order valence-corrected chi connectivity index (χ3v) is 4.12. The van der Waals surface area contributed by atoms with E-state index in [0.29, 0.717) is 18.0 Å². The molecule has 0 spiro atoms. The van der Waals surface area contributed by atoms with Crippen molar-refractivity contribution in [3.05, 3.63) is 34.5 Å². The summed E-state index contributed by atoms with van der Waals surface area (Å²) in [5, 5.41) is 10.7. The zero-order chi connectivity index (χ0) is 15.7. The van der Waals surface area contributed by atoms with Crippen LogP contribution in [-0.2, 0) is 6.54 Å². The van der Waals surface area contributed by atoms with Gasteiger partial charge in [-0.25, -0.2) is 4.79 Å². The van der Waals surface area contributed by atoms with Crippen LogP contribution in [0.4, 0.5) is 0 Å². The largest absolute Gasteiger partial charge is 0.478 e. The predicted molar refractivity (Wildman–Crippen MR) is 86.1 cm³/mol. The highest BCUT2D eigenvalue weighted by Gasteiger charge is 2.22. The molecule has 2 rings (SSSR count). The molecule has 3 N–H and O–H groups in total. The highest BCUT2D eigenvalue weighted by molar-refractivity contribution is 6.05. The molecule has 0 radical (unpaired) electrons. The Kier molecular flexibility index (Phi) is 4.37. The smallest absolute Gasteiger partial charge is 0.338 e. The standard InChI is InChI=1S/C17H24N2O2/c1-10(2)14-12(4)19(9-5-8-18)16-13(14)7-6-11(3)15(16)17(20)21/h6-7,10H,5,8-9,18H2,1-4H3,(H,20,21). The maximum absolute atomic E-state index is 11.7. The number of carboxylic acid groups (broad SMARTS) is 1. The van der Waals surface area contributed by atoms with Crippen LogP contribution in [0.3, 0.4) is 0 Å². The number of nitrogens with zero attached hydrogens (tertiary/aromatic N) is 1. The lowest BCUT2D eigenvalue weighted by Crippen LogP contribution is -2.10. The van der Waals surface area contributed by atoms with Gasteiger partial charge in [-0.05, 0) is 43.9 Å². The topological polar surface area (TPSA) is 68.2 Å². The number of rotatable bonds is 5. The van der Waals surface area contributed by atoms with Gasteiger partial charge in [-0.2, -0.15) is 0 Å². The summed E-state index contributed by atoms with van der Waals surface area (Å²) >= 11 is 0. The molecule has 4 nitrogen and oxygen atoms in total. The van der Waals surface area contributed by atoms with Gasteiger partial charge in [0.05, 0.1) is 11.1 Å². The van der Waals surface area contributed by atoms with Crippen molar-refractivity contribution >= 4 is 16.9 Å². The molecule has 0 atom stereocenters. The van der Waals surface area contributed by atoms with Gasteiger partial charge < -0.3 is 15.4 Å². The van der Waals surface area contributed by atoms with Crippen molar-refractivity contribution in [1.29, 1.82) is 0 Å². The van der Waals surface area contributed by atoms with E-state index in [9.17, 15) is 9.90 Å². The Labute approximate surface area is 125 Å². The number of carboxylic acids is 1. The van der Waals surface area contributed by atoms with Crippen molar-refractivity contribution in [3.63, 3.8) is 0 Å². The van der Waals surface area contributed by atoms with E-state index in [0.717, 1.165) is 35.1 Å².